The summed E-state index contributed by atoms with van der Waals surface area (Å²) in [5.74, 6) is -0.279. The Morgan fingerprint density at radius 3 is 2.69 bits per heavy atom. The fourth-order valence-electron chi connectivity index (χ4n) is 4.66. The highest BCUT2D eigenvalue weighted by Crippen LogP contribution is 2.66. The van der Waals surface area contributed by atoms with E-state index >= 15 is 4.39 Å². The summed E-state index contributed by atoms with van der Waals surface area (Å²) >= 11 is 0. The number of nitrogen functional groups attached to an aromatic ring is 1. The van der Waals surface area contributed by atoms with Gasteiger partial charge in [0.2, 0.25) is 5.95 Å². The van der Waals surface area contributed by atoms with Gasteiger partial charge in [0.25, 0.3) is 0 Å². The van der Waals surface area contributed by atoms with Gasteiger partial charge in [-0.2, -0.15) is 15.1 Å². The lowest BCUT2D eigenvalue weighted by molar-refractivity contribution is -0.144. The summed E-state index contributed by atoms with van der Waals surface area (Å²) in [5, 5.41) is 16.7. The molecule has 1 aliphatic heterocycles. The molecule has 39 heavy (non-hydrogen) atoms. The van der Waals surface area contributed by atoms with Crippen LogP contribution in [0.25, 0.3) is 11.2 Å². The third-order valence-electron chi connectivity index (χ3n) is 6.70. The molecule has 16 heteroatoms. The van der Waals surface area contributed by atoms with E-state index in [1.54, 1.807) is 32.2 Å². The minimum Gasteiger partial charge on any atom is -0.465 e. The summed E-state index contributed by atoms with van der Waals surface area (Å²) in [6.45, 7) is 4.27. The molecule has 3 aromatic rings. The van der Waals surface area contributed by atoms with E-state index in [1.807, 2.05) is 0 Å². The third kappa shape index (κ3) is 4.49. The number of benzene rings is 1. The van der Waals surface area contributed by atoms with E-state index in [1.165, 1.54) is 30.0 Å². The number of nitrogens with zero attached hydrogens (tertiary/aromatic N) is 4. The minimum atomic E-state index is -4.38. The van der Waals surface area contributed by atoms with E-state index < -0.39 is 49.5 Å². The fourth-order valence-corrected chi connectivity index (χ4v) is 6.36. The fraction of sp³-hybridized carbons (Fsp3) is 0.478. The van der Waals surface area contributed by atoms with Crippen LogP contribution in [-0.2, 0) is 23.4 Å². The van der Waals surface area contributed by atoms with Crippen LogP contribution in [0.2, 0.25) is 0 Å². The molecule has 1 unspecified atom stereocenters. The van der Waals surface area contributed by atoms with E-state index in [0.29, 0.717) is 11.3 Å². The normalized spacial score (nSPS) is 29.8. The number of aromatic nitrogens is 4. The predicted octanol–water partition coefficient (Wildman–Crippen LogP) is 1.93. The number of ether oxygens (including phenoxy) is 2. The molecule has 5 N–H and O–H groups in total. The van der Waals surface area contributed by atoms with Crippen molar-refractivity contribution in [3.8, 4) is 5.75 Å². The monoisotopic (exact) mass is 565 g/mol. The van der Waals surface area contributed by atoms with Gasteiger partial charge in [-0.05, 0) is 32.9 Å². The van der Waals surface area contributed by atoms with Crippen LogP contribution in [-0.4, -0.2) is 73.8 Å². The van der Waals surface area contributed by atoms with Crippen molar-refractivity contribution in [3.63, 3.8) is 0 Å². The molecule has 0 amide bonds. The van der Waals surface area contributed by atoms with Crippen molar-refractivity contribution in [1.82, 2.24) is 24.6 Å². The summed E-state index contributed by atoms with van der Waals surface area (Å²) in [6, 6.07) is 6.95. The van der Waals surface area contributed by atoms with Crippen LogP contribution >= 0.6 is 7.75 Å². The number of hydrogen-bond acceptors (Lipinski definition) is 12. The summed E-state index contributed by atoms with van der Waals surface area (Å²) in [5.41, 5.74) is 1.62. The molecule has 2 fully saturated rings. The predicted molar refractivity (Wildman–Crippen MR) is 136 cm³/mol. The number of nitrogens with two attached hydrogens (primary N) is 1. The number of alkyl halides is 1. The quantitative estimate of drug-likeness (QED) is 0.207. The summed E-state index contributed by atoms with van der Waals surface area (Å²) in [6.07, 6.45) is -2.71. The van der Waals surface area contributed by atoms with Crippen molar-refractivity contribution in [3.05, 3.63) is 36.7 Å². The molecule has 1 saturated carbocycles. The lowest BCUT2D eigenvalue weighted by Gasteiger charge is -2.31. The number of fused-ring (bicyclic) bond motifs is 2. The van der Waals surface area contributed by atoms with Gasteiger partial charge in [0.05, 0.1) is 12.9 Å². The Balaban J connectivity index is 1.41. The Kier molecular flexibility index (Phi) is 6.75. The highest BCUT2D eigenvalue weighted by Gasteiger charge is 2.85. The highest BCUT2D eigenvalue weighted by molar-refractivity contribution is 7.52. The number of imidazole rings is 1. The number of anilines is 2. The van der Waals surface area contributed by atoms with E-state index in [-0.39, 0.29) is 24.0 Å². The van der Waals surface area contributed by atoms with Crippen molar-refractivity contribution in [1.29, 1.82) is 0 Å². The number of rotatable bonds is 10. The first kappa shape index (κ1) is 27.2. The topological polar surface area (TPSA) is 185 Å². The Hall–Kier alpha value is -3.36. The number of carbonyl (C=O) groups is 1. The lowest BCUT2D eigenvalue weighted by Crippen LogP contribution is -2.45. The van der Waals surface area contributed by atoms with Crippen LogP contribution < -0.4 is 20.7 Å². The SMILES string of the molecule is CCOC(=O)[C@@H](C)N[P@](=O)(Oc1ccccc1)OC1[C@H]2O[C@@H](n3cnc4c(NC)nc(N)nc43)[C@](C)(F)[C@@]12O. The van der Waals surface area contributed by atoms with Crippen LogP contribution in [0, 0.1) is 0 Å². The molecule has 14 nitrogen and oxygen atoms in total. The molecule has 0 radical (unpaired) electrons. The maximum absolute atomic E-state index is 16.4. The van der Waals surface area contributed by atoms with Gasteiger partial charge in [0, 0.05) is 7.05 Å². The molecular weight excluding hydrogens is 536 g/mol. The van der Waals surface area contributed by atoms with E-state index in [9.17, 15) is 14.5 Å². The molecule has 0 bridgehead atoms. The molecule has 1 aromatic carbocycles. The molecule has 2 aromatic heterocycles. The van der Waals surface area contributed by atoms with E-state index in [0.717, 1.165) is 6.92 Å². The lowest BCUT2D eigenvalue weighted by atomic mass is 9.97. The van der Waals surface area contributed by atoms with Crippen LogP contribution in [0.15, 0.2) is 36.7 Å². The van der Waals surface area contributed by atoms with Crippen molar-refractivity contribution in [2.45, 2.75) is 56.5 Å². The summed E-state index contributed by atoms with van der Waals surface area (Å²) in [7, 11) is -2.76. The van der Waals surface area contributed by atoms with Crippen LogP contribution in [0.1, 0.15) is 27.0 Å². The van der Waals surface area contributed by atoms with Crippen molar-refractivity contribution in [2.24, 2.45) is 0 Å². The van der Waals surface area contributed by atoms with Gasteiger partial charge in [0.1, 0.15) is 24.0 Å². The number of esters is 1. The van der Waals surface area contributed by atoms with Crippen LogP contribution in [0.3, 0.4) is 0 Å². The Morgan fingerprint density at radius 1 is 1.36 bits per heavy atom. The number of para-hydroxylation sites is 1. The summed E-state index contributed by atoms with van der Waals surface area (Å²) < 4.78 is 53.6. The maximum Gasteiger partial charge on any atom is 0.459 e. The van der Waals surface area contributed by atoms with Gasteiger partial charge in [-0.15, -0.1) is 0 Å². The third-order valence-corrected chi connectivity index (χ3v) is 8.36. The van der Waals surface area contributed by atoms with Crippen molar-refractivity contribution in [2.75, 3.05) is 24.7 Å². The number of aliphatic hydroxyl groups is 1. The second-order valence-corrected chi connectivity index (χ2v) is 11.0. The number of carbonyl (C=O) groups excluding carboxylic acids is 1. The smallest absolute Gasteiger partial charge is 0.459 e. The van der Waals surface area contributed by atoms with Gasteiger partial charge in [-0.3, -0.25) is 13.9 Å². The standard InChI is InChI=1S/C23H29FN7O7P/c1-5-35-19(32)12(2)30-39(34,37-13-9-7-6-8-10-13)38-16-15-23(16,33)22(3,24)20(36-15)31-11-27-14-17(26-4)28-21(25)29-18(14)31/h6-12,15-16,20,33H,5H2,1-4H3,(H,30,34)(H3,25,26,28,29)/t12-,15-,16?,20-,22+,23+,39+/m1/s1. The zero-order chi connectivity index (χ0) is 28.2. The molecule has 7 atom stereocenters. The Labute approximate surface area is 222 Å². The van der Waals surface area contributed by atoms with Gasteiger partial charge in [0.15, 0.2) is 34.5 Å². The molecule has 210 valence electrons. The Morgan fingerprint density at radius 2 is 2.08 bits per heavy atom. The van der Waals surface area contributed by atoms with Gasteiger partial charge >= 0.3 is 13.7 Å². The molecule has 1 saturated heterocycles. The van der Waals surface area contributed by atoms with Gasteiger partial charge in [-0.25, -0.2) is 13.9 Å². The van der Waals surface area contributed by atoms with Gasteiger partial charge < -0.3 is 30.2 Å². The average molecular weight is 565 g/mol. The molecule has 1 aliphatic carbocycles. The first-order valence-electron chi connectivity index (χ1n) is 12.2. The molecule has 2 aliphatic rings. The van der Waals surface area contributed by atoms with Crippen molar-refractivity contribution < 1.29 is 37.4 Å². The summed E-state index contributed by atoms with van der Waals surface area (Å²) in [4.78, 5) is 24.7. The van der Waals surface area contributed by atoms with E-state index in [2.05, 4.69) is 25.4 Å². The number of halogens is 1. The Bertz CT molecular complexity index is 1440. The second-order valence-electron chi connectivity index (χ2n) is 9.35. The number of hydrogen-bond donors (Lipinski definition) is 4. The second kappa shape index (κ2) is 9.68. The van der Waals surface area contributed by atoms with Gasteiger partial charge in [-0.1, -0.05) is 18.2 Å². The molecular formula is C23H29FN7O7P. The highest BCUT2D eigenvalue weighted by atomic mass is 31.2. The number of nitrogens with one attached hydrogen (secondary N) is 2. The molecule has 3 heterocycles. The largest absolute Gasteiger partial charge is 0.465 e. The first-order chi connectivity index (χ1) is 18.4. The zero-order valence-corrected chi connectivity index (χ0v) is 22.5. The molecule has 0 spiro atoms. The zero-order valence-electron chi connectivity index (χ0n) is 21.6. The maximum atomic E-state index is 16.4. The first-order valence-corrected chi connectivity index (χ1v) is 13.7. The van der Waals surface area contributed by atoms with E-state index in [4.69, 9.17) is 24.3 Å². The van der Waals surface area contributed by atoms with Crippen LogP contribution in [0.5, 0.6) is 5.75 Å². The van der Waals surface area contributed by atoms with Crippen LogP contribution in [0.4, 0.5) is 16.2 Å². The average Bonchev–Trinajstić information content (AvgIpc) is 3.14. The minimum absolute atomic E-state index is 0.0713. The molecule has 5 rings (SSSR count). The van der Waals surface area contributed by atoms with Crippen molar-refractivity contribution >= 4 is 36.6 Å².